The lowest BCUT2D eigenvalue weighted by Gasteiger charge is -2.24. The molecule has 1 aliphatic rings. The van der Waals surface area contributed by atoms with E-state index >= 15 is 0 Å². The topological polar surface area (TPSA) is 75.7 Å². The highest BCUT2D eigenvalue weighted by Crippen LogP contribution is 2.30. The summed E-state index contributed by atoms with van der Waals surface area (Å²) in [7, 11) is -2.29. The van der Waals surface area contributed by atoms with Gasteiger partial charge in [0.15, 0.2) is 0 Å². The molecule has 1 atom stereocenters. The van der Waals surface area contributed by atoms with Crippen molar-refractivity contribution in [1.29, 1.82) is 0 Å². The normalized spacial score (nSPS) is 17.6. The number of carbonyl (C=O) groups excluding carboxylic acids is 1. The van der Waals surface area contributed by atoms with Crippen LogP contribution in [0.25, 0.3) is 0 Å². The molecule has 2 aromatic carbocycles. The Bertz CT molecular complexity index is 913. The Labute approximate surface area is 160 Å². The van der Waals surface area contributed by atoms with E-state index < -0.39 is 16.1 Å². The summed E-state index contributed by atoms with van der Waals surface area (Å²) in [5.41, 5.74) is 1.60. The van der Waals surface area contributed by atoms with Crippen molar-refractivity contribution >= 4 is 15.9 Å². The molecule has 2 aromatic rings. The number of benzene rings is 2. The van der Waals surface area contributed by atoms with E-state index in [1.807, 2.05) is 30.3 Å². The number of carbonyl (C=O) groups is 1. The van der Waals surface area contributed by atoms with Gasteiger partial charge in [0.2, 0.25) is 15.9 Å². The molecule has 0 aliphatic carbocycles. The third-order valence-electron chi connectivity index (χ3n) is 4.80. The zero-order valence-corrected chi connectivity index (χ0v) is 16.3. The maximum Gasteiger partial charge on any atom is 0.244 e. The summed E-state index contributed by atoms with van der Waals surface area (Å²) in [6.07, 6.45) is 1.18. The summed E-state index contributed by atoms with van der Waals surface area (Å²) < 4.78 is 32.9. The molecule has 0 radical (unpaired) electrons. The van der Waals surface area contributed by atoms with Gasteiger partial charge in [-0.15, -0.1) is 0 Å². The second kappa shape index (κ2) is 8.10. The van der Waals surface area contributed by atoms with E-state index in [0.717, 1.165) is 5.56 Å². The Morgan fingerprint density at radius 1 is 1.22 bits per heavy atom. The van der Waals surface area contributed by atoms with E-state index in [0.29, 0.717) is 37.2 Å². The fourth-order valence-electron chi connectivity index (χ4n) is 3.30. The molecule has 1 saturated heterocycles. The zero-order chi connectivity index (χ0) is 19.4. The van der Waals surface area contributed by atoms with E-state index in [4.69, 9.17) is 4.74 Å². The van der Waals surface area contributed by atoms with Crippen molar-refractivity contribution in [1.82, 2.24) is 9.62 Å². The Balaban J connectivity index is 1.79. The van der Waals surface area contributed by atoms with Crippen molar-refractivity contribution in [3.05, 3.63) is 59.7 Å². The van der Waals surface area contributed by atoms with E-state index in [2.05, 4.69) is 5.32 Å². The third-order valence-corrected chi connectivity index (χ3v) is 6.85. The van der Waals surface area contributed by atoms with E-state index in [-0.39, 0.29) is 10.8 Å². The first-order chi connectivity index (χ1) is 12.9. The fraction of sp³-hybridized carbons (Fsp3) is 0.350. The molecule has 0 unspecified atom stereocenters. The number of hydrogen-bond acceptors (Lipinski definition) is 4. The van der Waals surface area contributed by atoms with Crippen LogP contribution in [0.5, 0.6) is 5.75 Å². The molecule has 27 heavy (non-hydrogen) atoms. The summed E-state index contributed by atoms with van der Waals surface area (Å²) in [4.78, 5) is 12.9. The van der Waals surface area contributed by atoms with Crippen LogP contribution in [0.15, 0.2) is 53.4 Å². The SMILES string of the molecule is COc1ccc(C)c(S(=O)(=O)N2CCC[C@@H]2C(=O)NCc2ccccc2)c1. The number of nitrogens with one attached hydrogen (secondary N) is 1. The molecule has 1 aliphatic heterocycles. The quantitative estimate of drug-likeness (QED) is 0.825. The molecule has 0 saturated carbocycles. The second-order valence-corrected chi connectivity index (χ2v) is 8.47. The minimum atomic E-state index is -3.79. The molecule has 144 valence electrons. The first-order valence-corrected chi connectivity index (χ1v) is 10.4. The average molecular weight is 388 g/mol. The number of hydrogen-bond donors (Lipinski definition) is 1. The standard InChI is InChI=1S/C20H24N2O4S/c1-15-10-11-17(26-2)13-19(15)27(24,25)22-12-6-9-18(22)20(23)21-14-16-7-4-3-5-8-16/h3-5,7-8,10-11,13,18H,6,9,12,14H2,1-2H3,(H,21,23)/t18-/m1/s1. The van der Waals surface area contributed by atoms with E-state index in [9.17, 15) is 13.2 Å². The van der Waals surface area contributed by atoms with Gasteiger partial charge in [-0.3, -0.25) is 4.79 Å². The van der Waals surface area contributed by atoms with Gasteiger partial charge in [0.25, 0.3) is 0 Å². The van der Waals surface area contributed by atoms with Crippen LogP contribution in [-0.2, 0) is 21.4 Å². The Kier molecular flexibility index (Phi) is 5.82. The van der Waals surface area contributed by atoms with Gasteiger partial charge in [-0.2, -0.15) is 4.31 Å². The lowest BCUT2D eigenvalue weighted by atomic mass is 10.2. The molecule has 1 N–H and O–H groups in total. The summed E-state index contributed by atoms with van der Waals surface area (Å²) in [5.74, 6) is 0.212. The van der Waals surface area contributed by atoms with Crippen molar-refractivity contribution < 1.29 is 17.9 Å². The van der Waals surface area contributed by atoms with Crippen LogP contribution >= 0.6 is 0 Å². The number of amides is 1. The van der Waals surface area contributed by atoms with Gasteiger partial charge in [0.1, 0.15) is 11.8 Å². The van der Waals surface area contributed by atoms with Crippen LogP contribution in [0.4, 0.5) is 0 Å². The maximum absolute atomic E-state index is 13.2. The minimum absolute atomic E-state index is 0.185. The van der Waals surface area contributed by atoms with Crippen molar-refractivity contribution in [3.63, 3.8) is 0 Å². The van der Waals surface area contributed by atoms with Crippen LogP contribution < -0.4 is 10.1 Å². The molecule has 7 heteroatoms. The number of aryl methyl sites for hydroxylation is 1. The molecule has 0 spiro atoms. The molecule has 0 aromatic heterocycles. The highest BCUT2D eigenvalue weighted by Gasteiger charge is 2.40. The van der Waals surface area contributed by atoms with Crippen molar-refractivity contribution in [2.45, 2.75) is 37.2 Å². The van der Waals surface area contributed by atoms with Crippen molar-refractivity contribution in [3.8, 4) is 5.75 Å². The number of methoxy groups -OCH3 is 1. The van der Waals surface area contributed by atoms with Crippen LogP contribution in [0, 0.1) is 6.92 Å². The Morgan fingerprint density at radius 3 is 2.67 bits per heavy atom. The third kappa shape index (κ3) is 4.14. The number of rotatable bonds is 6. The monoisotopic (exact) mass is 388 g/mol. The van der Waals surface area contributed by atoms with Crippen LogP contribution in [-0.4, -0.2) is 38.3 Å². The molecule has 1 amide bonds. The number of nitrogens with zero attached hydrogens (tertiary/aromatic N) is 1. The Morgan fingerprint density at radius 2 is 1.96 bits per heavy atom. The van der Waals surface area contributed by atoms with Crippen molar-refractivity contribution in [2.75, 3.05) is 13.7 Å². The minimum Gasteiger partial charge on any atom is -0.497 e. The van der Waals surface area contributed by atoms with Gasteiger partial charge in [-0.1, -0.05) is 36.4 Å². The highest BCUT2D eigenvalue weighted by atomic mass is 32.2. The van der Waals surface area contributed by atoms with Gasteiger partial charge in [0, 0.05) is 19.2 Å². The number of sulfonamides is 1. The molecule has 3 rings (SSSR count). The van der Waals surface area contributed by atoms with Crippen LogP contribution in [0.2, 0.25) is 0 Å². The predicted octanol–water partition coefficient (Wildman–Crippen LogP) is 2.47. The highest BCUT2D eigenvalue weighted by molar-refractivity contribution is 7.89. The predicted molar refractivity (Wildman–Crippen MR) is 103 cm³/mol. The van der Waals surface area contributed by atoms with Gasteiger partial charge >= 0.3 is 0 Å². The molecular weight excluding hydrogens is 364 g/mol. The Hall–Kier alpha value is -2.38. The zero-order valence-electron chi connectivity index (χ0n) is 15.5. The lowest BCUT2D eigenvalue weighted by molar-refractivity contribution is -0.124. The van der Waals surface area contributed by atoms with E-state index in [1.54, 1.807) is 19.1 Å². The summed E-state index contributed by atoms with van der Waals surface area (Å²) >= 11 is 0. The fourth-order valence-corrected chi connectivity index (χ4v) is 5.20. The second-order valence-electron chi connectivity index (χ2n) is 6.61. The van der Waals surface area contributed by atoms with Crippen LogP contribution in [0.3, 0.4) is 0 Å². The van der Waals surface area contributed by atoms with Gasteiger partial charge < -0.3 is 10.1 Å². The first-order valence-electron chi connectivity index (χ1n) is 8.91. The molecular formula is C20H24N2O4S. The van der Waals surface area contributed by atoms with Gasteiger partial charge in [0.05, 0.1) is 12.0 Å². The number of ether oxygens (including phenoxy) is 1. The molecule has 6 nitrogen and oxygen atoms in total. The summed E-state index contributed by atoms with van der Waals surface area (Å²) in [5, 5.41) is 2.86. The van der Waals surface area contributed by atoms with E-state index in [1.165, 1.54) is 17.5 Å². The molecule has 0 bridgehead atoms. The summed E-state index contributed by atoms with van der Waals surface area (Å²) in [6.45, 7) is 2.46. The molecule has 1 fully saturated rings. The van der Waals surface area contributed by atoms with Gasteiger partial charge in [-0.05, 0) is 37.0 Å². The lowest BCUT2D eigenvalue weighted by Crippen LogP contribution is -2.45. The summed E-state index contributed by atoms with van der Waals surface area (Å²) in [6, 6.07) is 13.8. The first kappa shape index (κ1) is 19.4. The molecule has 1 heterocycles. The van der Waals surface area contributed by atoms with Crippen LogP contribution in [0.1, 0.15) is 24.0 Å². The maximum atomic E-state index is 13.2. The average Bonchev–Trinajstić information content (AvgIpc) is 3.18. The smallest absolute Gasteiger partial charge is 0.244 e. The van der Waals surface area contributed by atoms with Crippen molar-refractivity contribution in [2.24, 2.45) is 0 Å². The van der Waals surface area contributed by atoms with Gasteiger partial charge in [-0.25, -0.2) is 8.42 Å². The largest absolute Gasteiger partial charge is 0.497 e.